The molecular weight excluding hydrogens is 404 g/mol. The van der Waals surface area contributed by atoms with Gasteiger partial charge in [0.25, 0.3) is 0 Å². The number of likely N-dealkylation sites (tertiary alicyclic amines) is 1. The quantitative estimate of drug-likeness (QED) is 0.530. The number of benzene rings is 2. The molecule has 2 aromatic rings. The first-order valence-corrected chi connectivity index (χ1v) is 8.79. The zero-order chi connectivity index (χ0) is 16.8. The minimum atomic E-state index is -0.415. The summed E-state index contributed by atoms with van der Waals surface area (Å²) in [6, 6.07) is 17.5. The summed E-state index contributed by atoms with van der Waals surface area (Å²) in [6.45, 7) is 2.82. The summed E-state index contributed by atoms with van der Waals surface area (Å²) in [4.78, 5) is 19.4. The van der Waals surface area contributed by atoms with E-state index >= 15 is 0 Å². The van der Waals surface area contributed by atoms with Crippen LogP contribution in [0.25, 0.3) is 0 Å². The molecule has 0 spiro atoms. The zero-order valence-electron chi connectivity index (χ0n) is 13.7. The molecule has 2 aromatic carbocycles. The van der Waals surface area contributed by atoms with E-state index in [4.69, 9.17) is 4.84 Å². The van der Waals surface area contributed by atoms with E-state index in [1.165, 1.54) is 5.56 Å². The van der Waals surface area contributed by atoms with Gasteiger partial charge in [-0.15, -0.1) is 12.4 Å². The van der Waals surface area contributed by atoms with Gasteiger partial charge in [-0.1, -0.05) is 51.4 Å². The molecule has 1 heterocycles. The van der Waals surface area contributed by atoms with E-state index in [0.29, 0.717) is 5.56 Å². The Hall–Kier alpha value is -1.69. The van der Waals surface area contributed by atoms with E-state index in [0.717, 1.165) is 42.7 Å². The Morgan fingerprint density at radius 2 is 1.68 bits per heavy atom. The van der Waals surface area contributed by atoms with Crippen molar-refractivity contribution < 1.29 is 9.63 Å². The third-order valence-corrected chi connectivity index (χ3v) is 4.55. The highest BCUT2D eigenvalue weighted by Crippen LogP contribution is 2.14. The number of hydrogen-bond acceptors (Lipinski definition) is 4. The van der Waals surface area contributed by atoms with Crippen LogP contribution in [0.4, 0.5) is 0 Å². The van der Waals surface area contributed by atoms with Gasteiger partial charge in [0.05, 0.1) is 11.3 Å². The van der Waals surface area contributed by atoms with Crippen LogP contribution in [-0.4, -0.2) is 29.7 Å². The molecule has 25 heavy (non-hydrogen) atoms. The summed E-state index contributed by atoms with van der Waals surface area (Å²) in [6.07, 6.45) is 1.67. The van der Waals surface area contributed by atoms with Crippen LogP contribution in [0.3, 0.4) is 0 Å². The normalized spacial score (nSPS) is 14.5. The predicted octanol–water partition coefficient (Wildman–Crippen LogP) is 4.68. The molecule has 0 bridgehead atoms. The van der Waals surface area contributed by atoms with Gasteiger partial charge in [-0.25, -0.2) is 4.79 Å². The lowest BCUT2D eigenvalue weighted by Crippen LogP contribution is -2.33. The molecule has 0 amide bonds. The van der Waals surface area contributed by atoms with Crippen molar-refractivity contribution in [1.82, 2.24) is 4.90 Å². The van der Waals surface area contributed by atoms with Crippen molar-refractivity contribution in [1.29, 1.82) is 0 Å². The molecular formula is C19H20BrClN2O2. The molecule has 3 rings (SSSR count). The van der Waals surface area contributed by atoms with Crippen LogP contribution in [-0.2, 0) is 11.4 Å². The van der Waals surface area contributed by atoms with E-state index < -0.39 is 5.97 Å². The Kier molecular flexibility index (Phi) is 7.62. The average Bonchev–Trinajstić information content (AvgIpc) is 2.62. The van der Waals surface area contributed by atoms with Gasteiger partial charge in [0.15, 0.2) is 0 Å². The minimum absolute atomic E-state index is 0. The van der Waals surface area contributed by atoms with Crippen molar-refractivity contribution in [2.24, 2.45) is 5.16 Å². The standard InChI is InChI=1S/C19H19BrN2O2.ClH/c20-17-8-6-16(7-9-17)19(23)24-21-18-10-12-22(13-11-18)14-15-4-2-1-3-5-15;/h1-9H,10-14H2;1H. The Morgan fingerprint density at radius 3 is 2.32 bits per heavy atom. The van der Waals surface area contributed by atoms with E-state index in [-0.39, 0.29) is 12.4 Å². The maximum absolute atomic E-state index is 11.9. The summed E-state index contributed by atoms with van der Waals surface area (Å²) >= 11 is 3.34. The van der Waals surface area contributed by atoms with Gasteiger partial charge in [0.2, 0.25) is 0 Å². The van der Waals surface area contributed by atoms with Crippen LogP contribution in [0.2, 0.25) is 0 Å². The average molecular weight is 424 g/mol. The van der Waals surface area contributed by atoms with Crippen LogP contribution in [0.1, 0.15) is 28.8 Å². The zero-order valence-corrected chi connectivity index (χ0v) is 16.1. The number of halogens is 2. The molecule has 4 nitrogen and oxygen atoms in total. The van der Waals surface area contributed by atoms with Gasteiger partial charge >= 0.3 is 5.97 Å². The van der Waals surface area contributed by atoms with Crippen LogP contribution >= 0.6 is 28.3 Å². The molecule has 0 atom stereocenters. The van der Waals surface area contributed by atoms with Crippen molar-refractivity contribution in [2.45, 2.75) is 19.4 Å². The van der Waals surface area contributed by atoms with Crippen LogP contribution < -0.4 is 0 Å². The Labute approximate surface area is 162 Å². The molecule has 1 saturated heterocycles. The lowest BCUT2D eigenvalue weighted by Gasteiger charge is -2.27. The third kappa shape index (κ3) is 5.96. The summed E-state index contributed by atoms with van der Waals surface area (Å²) in [5.74, 6) is -0.415. The first kappa shape index (κ1) is 19.6. The highest BCUT2D eigenvalue weighted by atomic mass is 79.9. The molecule has 0 radical (unpaired) electrons. The van der Waals surface area contributed by atoms with E-state index in [1.807, 2.05) is 18.2 Å². The number of carbonyl (C=O) groups excluding carboxylic acids is 1. The molecule has 132 valence electrons. The highest BCUT2D eigenvalue weighted by molar-refractivity contribution is 9.10. The topological polar surface area (TPSA) is 41.9 Å². The third-order valence-electron chi connectivity index (χ3n) is 4.02. The van der Waals surface area contributed by atoms with Gasteiger partial charge < -0.3 is 4.84 Å². The summed E-state index contributed by atoms with van der Waals surface area (Å²) in [7, 11) is 0. The lowest BCUT2D eigenvalue weighted by molar-refractivity contribution is 0.0512. The Bertz CT molecular complexity index is 710. The van der Waals surface area contributed by atoms with Crippen molar-refractivity contribution >= 4 is 40.0 Å². The van der Waals surface area contributed by atoms with Crippen LogP contribution in [0, 0.1) is 0 Å². The highest BCUT2D eigenvalue weighted by Gasteiger charge is 2.16. The van der Waals surface area contributed by atoms with Gasteiger partial charge in [-0.05, 0) is 29.8 Å². The number of nitrogens with zero attached hydrogens (tertiary/aromatic N) is 2. The van der Waals surface area contributed by atoms with Crippen molar-refractivity contribution in [2.75, 3.05) is 13.1 Å². The van der Waals surface area contributed by atoms with Crippen molar-refractivity contribution in [3.8, 4) is 0 Å². The van der Waals surface area contributed by atoms with Gasteiger partial charge in [-0.2, -0.15) is 0 Å². The van der Waals surface area contributed by atoms with Gasteiger partial charge in [0, 0.05) is 36.9 Å². The molecule has 1 aliphatic heterocycles. The molecule has 0 unspecified atom stereocenters. The lowest BCUT2D eigenvalue weighted by atomic mass is 10.1. The largest absolute Gasteiger partial charge is 0.365 e. The summed E-state index contributed by atoms with van der Waals surface area (Å²) in [5, 5.41) is 4.05. The fourth-order valence-corrected chi connectivity index (χ4v) is 2.91. The van der Waals surface area contributed by atoms with E-state index in [9.17, 15) is 4.79 Å². The number of rotatable bonds is 4. The van der Waals surface area contributed by atoms with Gasteiger partial charge in [0.1, 0.15) is 0 Å². The molecule has 6 heteroatoms. The molecule has 1 fully saturated rings. The van der Waals surface area contributed by atoms with Crippen molar-refractivity contribution in [3.05, 3.63) is 70.2 Å². The van der Waals surface area contributed by atoms with Gasteiger partial charge in [-0.3, -0.25) is 4.90 Å². The van der Waals surface area contributed by atoms with E-state index in [2.05, 4.69) is 50.3 Å². The maximum Gasteiger partial charge on any atom is 0.365 e. The molecule has 0 aromatic heterocycles. The molecule has 0 aliphatic carbocycles. The molecule has 0 N–H and O–H groups in total. The first-order chi connectivity index (χ1) is 11.7. The number of oxime groups is 1. The Balaban J connectivity index is 0.00000225. The predicted molar refractivity (Wildman–Crippen MR) is 105 cm³/mol. The summed E-state index contributed by atoms with van der Waals surface area (Å²) < 4.78 is 0.927. The van der Waals surface area contributed by atoms with Crippen molar-refractivity contribution in [3.63, 3.8) is 0 Å². The SMILES string of the molecule is Cl.O=C(ON=C1CCN(Cc2ccccc2)CC1)c1ccc(Br)cc1. The molecule has 1 aliphatic rings. The van der Waals surface area contributed by atoms with E-state index in [1.54, 1.807) is 12.1 Å². The maximum atomic E-state index is 11.9. The smallest absolute Gasteiger partial charge is 0.313 e. The summed E-state index contributed by atoms with van der Waals surface area (Å²) in [5.41, 5.74) is 2.77. The second-order valence-electron chi connectivity index (χ2n) is 5.80. The second kappa shape index (κ2) is 9.70. The number of hydrogen-bond donors (Lipinski definition) is 0. The first-order valence-electron chi connectivity index (χ1n) is 7.99. The second-order valence-corrected chi connectivity index (χ2v) is 6.72. The van der Waals surface area contributed by atoms with Crippen LogP contribution in [0.15, 0.2) is 64.2 Å². The number of carbonyl (C=O) groups is 1. The Morgan fingerprint density at radius 1 is 1.04 bits per heavy atom. The number of piperidine rings is 1. The molecule has 0 saturated carbocycles. The monoisotopic (exact) mass is 422 g/mol. The fraction of sp³-hybridized carbons (Fsp3) is 0.263. The minimum Gasteiger partial charge on any atom is -0.313 e. The van der Waals surface area contributed by atoms with Crippen LogP contribution in [0.5, 0.6) is 0 Å². The fourth-order valence-electron chi connectivity index (χ4n) is 2.65.